The Bertz CT molecular complexity index is 1070. The van der Waals surface area contributed by atoms with Crippen molar-refractivity contribution in [2.75, 3.05) is 7.11 Å². The second kappa shape index (κ2) is 8.81. The van der Waals surface area contributed by atoms with Gasteiger partial charge in [0.15, 0.2) is 11.6 Å². The quantitative estimate of drug-likeness (QED) is 0.597. The number of aromatic hydroxyl groups is 1. The Morgan fingerprint density at radius 2 is 1.91 bits per heavy atom. The molecule has 2 atom stereocenters. The molecule has 0 radical (unpaired) electrons. The molecule has 2 N–H and O–H groups in total. The minimum Gasteiger partial charge on any atom is -0.507 e. The topological polar surface area (TPSA) is 110 Å². The van der Waals surface area contributed by atoms with Crippen molar-refractivity contribution in [2.24, 2.45) is 11.8 Å². The molecule has 1 aromatic rings. The fourth-order valence-corrected chi connectivity index (χ4v) is 4.39. The molecule has 0 aromatic heterocycles. The largest absolute Gasteiger partial charge is 0.507 e. The van der Waals surface area contributed by atoms with Crippen LogP contribution in [-0.2, 0) is 16.0 Å². The van der Waals surface area contributed by atoms with E-state index in [1.54, 1.807) is 20.8 Å². The molecule has 7 nitrogen and oxygen atoms in total. The number of carbonyl (C=O) groups is 3. The number of methoxy groups -OCH3 is 1. The minimum atomic E-state index is -0.750. The highest BCUT2D eigenvalue weighted by atomic mass is 16.5. The zero-order chi connectivity index (χ0) is 23.9. The van der Waals surface area contributed by atoms with Crippen LogP contribution in [0.2, 0.25) is 0 Å². The van der Waals surface area contributed by atoms with Gasteiger partial charge >= 0.3 is 0 Å². The van der Waals surface area contributed by atoms with Crippen molar-refractivity contribution < 1.29 is 34.1 Å². The number of fused-ring (bicyclic) bond motifs is 2. The van der Waals surface area contributed by atoms with Crippen LogP contribution in [0.4, 0.5) is 0 Å². The van der Waals surface area contributed by atoms with Gasteiger partial charge in [-0.2, -0.15) is 0 Å². The summed E-state index contributed by atoms with van der Waals surface area (Å²) in [6.07, 6.45) is 1.15. The number of allylic oxidation sites excluding steroid dienone is 3. The molecule has 1 aliphatic heterocycles. The van der Waals surface area contributed by atoms with Gasteiger partial charge in [-0.05, 0) is 40.0 Å². The minimum absolute atomic E-state index is 0.0739. The molecular weight excluding hydrogens is 412 g/mol. The second-order valence-electron chi connectivity index (χ2n) is 8.62. The molecule has 0 bridgehead atoms. The average Bonchev–Trinajstić information content (AvgIpc) is 2.76. The van der Waals surface area contributed by atoms with Gasteiger partial charge in [-0.25, -0.2) is 0 Å². The van der Waals surface area contributed by atoms with Crippen LogP contribution in [0.1, 0.15) is 68.4 Å². The van der Waals surface area contributed by atoms with E-state index in [2.05, 4.69) is 0 Å². The van der Waals surface area contributed by atoms with Gasteiger partial charge in [0.2, 0.25) is 0 Å². The normalized spacial score (nSPS) is 18.7. The van der Waals surface area contributed by atoms with Crippen molar-refractivity contribution in [3.63, 3.8) is 0 Å². The van der Waals surface area contributed by atoms with Gasteiger partial charge in [0.1, 0.15) is 40.1 Å². The number of hydrogen-bond donors (Lipinski definition) is 2. The molecule has 1 aromatic carbocycles. The smallest absolute Gasteiger partial charge is 0.173 e. The maximum Gasteiger partial charge on any atom is 0.173 e. The van der Waals surface area contributed by atoms with Crippen LogP contribution in [0.5, 0.6) is 17.2 Å². The van der Waals surface area contributed by atoms with E-state index >= 15 is 0 Å². The molecule has 0 saturated carbocycles. The summed E-state index contributed by atoms with van der Waals surface area (Å²) < 4.78 is 11.5. The molecule has 1 heterocycles. The van der Waals surface area contributed by atoms with Gasteiger partial charge in [0, 0.05) is 34.6 Å². The van der Waals surface area contributed by atoms with Crippen LogP contribution in [0.15, 0.2) is 22.7 Å². The zero-order valence-electron chi connectivity index (χ0n) is 19.4. The molecule has 7 heteroatoms. The number of phenols is 1. The lowest BCUT2D eigenvalue weighted by Crippen LogP contribution is -2.34. The summed E-state index contributed by atoms with van der Waals surface area (Å²) in [5.41, 5.74) is 1.60. The fourth-order valence-electron chi connectivity index (χ4n) is 4.39. The third kappa shape index (κ3) is 3.70. The van der Waals surface area contributed by atoms with E-state index in [1.807, 2.05) is 6.92 Å². The van der Waals surface area contributed by atoms with Crippen molar-refractivity contribution in [3.05, 3.63) is 39.4 Å². The van der Waals surface area contributed by atoms with E-state index in [0.29, 0.717) is 23.1 Å². The Kier molecular flexibility index (Phi) is 6.49. The molecule has 0 spiro atoms. The summed E-state index contributed by atoms with van der Waals surface area (Å²) in [6, 6.07) is 0. The third-order valence-electron chi connectivity index (χ3n) is 6.44. The summed E-state index contributed by atoms with van der Waals surface area (Å²) >= 11 is 0. The summed E-state index contributed by atoms with van der Waals surface area (Å²) in [7, 11) is 1.42. The lowest BCUT2D eigenvalue weighted by atomic mass is 9.77. The Balaban J connectivity index is 2.20. The standard InChI is InChI=1S/C25H30O7/c1-7-8-18(27)19-24(31-6)13(4)21(29)16-10-17-22(30)15(9-11(2)14(5)26)20(28)12(3)23(17)32-25(16)19/h11,17,28-29H,7-10H2,1-6H3. The first-order valence-electron chi connectivity index (χ1n) is 10.9. The number of carbonyl (C=O) groups excluding carboxylic acids is 3. The number of hydrogen-bond acceptors (Lipinski definition) is 7. The number of aliphatic hydroxyl groups is 1. The van der Waals surface area contributed by atoms with E-state index in [9.17, 15) is 24.6 Å². The Morgan fingerprint density at radius 1 is 1.25 bits per heavy atom. The van der Waals surface area contributed by atoms with Gasteiger partial charge in [-0.15, -0.1) is 0 Å². The molecule has 1 aliphatic carbocycles. The van der Waals surface area contributed by atoms with E-state index < -0.39 is 11.8 Å². The number of Topliss-reactive ketones (excluding diaryl/α,β-unsaturated/α-hetero) is 3. The predicted octanol–water partition coefficient (Wildman–Crippen LogP) is 4.53. The van der Waals surface area contributed by atoms with Crippen molar-refractivity contribution >= 4 is 17.3 Å². The SMILES string of the molecule is CCCC(=O)c1c(OC)c(C)c(O)c2c1OC1=C(C)C(O)=C(CC(C)C(C)=O)C(=O)C1C2. The van der Waals surface area contributed by atoms with Crippen molar-refractivity contribution in [1.82, 2.24) is 0 Å². The van der Waals surface area contributed by atoms with Gasteiger partial charge in [-0.3, -0.25) is 14.4 Å². The van der Waals surface area contributed by atoms with Crippen LogP contribution in [-0.4, -0.2) is 34.7 Å². The van der Waals surface area contributed by atoms with Gasteiger partial charge in [-0.1, -0.05) is 13.8 Å². The molecule has 0 saturated heterocycles. The molecule has 172 valence electrons. The van der Waals surface area contributed by atoms with Gasteiger partial charge < -0.3 is 19.7 Å². The number of ether oxygens (including phenoxy) is 2. The Morgan fingerprint density at radius 3 is 2.47 bits per heavy atom. The average molecular weight is 443 g/mol. The maximum absolute atomic E-state index is 13.3. The third-order valence-corrected chi connectivity index (χ3v) is 6.44. The molecule has 2 unspecified atom stereocenters. The van der Waals surface area contributed by atoms with Crippen LogP contribution < -0.4 is 9.47 Å². The first-order valence-corrected chi connectivity index (χ1v) is 10.9. The monoisotopic (exact) mass is 442 g/mol. The first-order chi connectivity index (χ1) is 15.0. The summed E-state index contributed by atoms with van der Waals surface area (Å²) in [6.45, 7) is 8.35. The van der Waals surface area contributed by atoms with E-state index in [1.165, 1.54) is 14.0 Å². The number of ketones is 3. The highest BCUT2D eigenvalue weighted by molar-refractivity contribution is 6.05. The molecule has 0 amide bonds. The van der Waals surface area contributed by atoms with E-state index in [0.717, 1.165) is 0 Å². The number of aliphatic hydroxyl groups excluding tert-OH is 1. The molecular formula is C25H30O7. The fraction of sp³-hybridized carbons (Fsp3) is 0.480. The number of rotatable bonds is 7. The number of benzene rings is 1. The molecule has 3 rings (SSSR count). The second-order valence-corrected chi connectivity index (χ2v) is 8.62. The van der Waals surface area contributed by atoms with Crippen molar-refractivity contribution in [2.45, 2.75) is 60.3 Å². The lowest BCUT2D eigenvalue weighted by molar-refractivity contribution is -0.121. The van der Waals surface area contributed by atoms with Crippen molar-refractivity contribution in [1.29, 1.82) is 0 Å². The molecule has 0 fully saturated rings. The van der Waals surface area contributed by atoms with Crippen LogP contribution >= 0.6 is 0 Å². The van der Waals surface area contributed by atoms with Crippen LogP contribution in [0, 0.1) is 18.8 Å². The number of phenolic OH excluding ortho intramolecular Hbond substituents is 1. The van der Waals surface area contributed by atoms with Crippen molar-refractivity contribution in [3.8, 4) is 17.2 Å². The predicted molar refractivity (Wildman–Crippen MR) is 118 cm³/mol. The maximum atomic E-state index is 13.3. The molecule has 32 heavy (non-hydrogen) atoms. The molecule has 2 aliphatic rings. The van der Waals surface area contributed by atoms with E-state index in [4.69, 9.17) is 9.47 Å². The van der Waals surface area contributed by atoms with Gasteiger partial charge in [0.05, 0.1) is 13.0 Å². The Labute approximate surface area is 187 Å². The summed E-state index contributed by atoms with van der Waals surface area (Å²) in [5.74, 6) is -1.35. The lowest BCUT2D eigenvalue weighted by Gasteiger charge is -2.34. The first kappa shape index (κ1) is 23.6. The Hall–Kier alpha value is -3.09. The highest BCUT2D eigenvalue weighted by Gasteiger charge is 2.43. The van der Waals surface area contributed by atoms with Gasteiger partial charge in [0.25, 0.3) is 0 Å². The summed E-state index contributed by atoms with van der Waals surface area (Å²) in [5, 5.41) is 21.6. The van der Waals surface area contributed by atoms with E-state index in [-0.39, 0.29) is 76.5 Å². The summed E-state index contributed by atoms with van der Waals surface area (Å²) in [4.78, 5) is 38.0. The highest BCUT2D eigenvalue weighted by Crippen LogP contribution is 2.50. The van der Waals surface area contributed by atoms with Crippen LogP contribution in [0.25, 0.3) is 0 Å². The van der Waals surface area contributed by atoms with Crippen LogP contribution in [0.3, 0.4) is 0 Å². The zero-order valence-corrected chi connectivity index (χ0v) is 19.4.